The highest BCUT2D eigenvalue weighted by Crippen LogP contribution is 2.28. The van der Waals surface area contributed by atoms with Gasteiger partial charge < -0.3 is 16.0 Å². The van der Waals surface area contributed by atoms with E-state index in [0.29, 0.717) is 0 Å². The van der Waals surface area contributed by atoms with Gasteiger partial charge in [0.1, 0.15) is 17.8 Å². The number of hydrogen-bond donors (Lipinski definition) is 3. The molecule has 0 unspecified atom stereocenters. The second-order valence-electron chi connectivity index (χ2n) is 4.57. The van der Waals surface area contributed by atoms with Crippen molar-refractivity contribution in [3.05, 3.63) is 41.9 Å². The maximum atomic E-state index is 5.78. The van der Waals surface area contributed by atoms with Gasteiger partial charge in [-0.25, -0.2) is 9.97 Å². The quantitative estimate of drug-likeness (QED) is 0.613. The van der Waals surface area contributed by atoms with Crippen LogP contribution in [-0.2, 0) is 0 Å². The molecular formula is C14H15N5. The summed E-state index contributed by atoms with van der Waals surface area (Å²) in [6, 6.07) is 7.60. The first-order valence-electron chi connectivity index (χ1n) is 6.07. The first-order valence-corrected chi connectivity index (χ1v) is 6.07. The van der Waals surface area contributed by atoms with Gasteiger partial charge in [0.05, 0.1) is 5.39 Å². The highest BCUT2D eigenvalue weighted by atomic mass is 15.0. The van der Waals surface area contributed by atoms with Crippen molar-refractivity contribution in [2.45, 2.75) is 13.8 Å². The van der Waals surface area contributed by atoms with E-state index in [2.05, 4.69) is 27.2 Å². The molecule has 0 aliphatic heterocycles. The molecule has 0 spiro atoms. The van der Waals surface area contributed by atoms with E-state index in [1.54, 1.807) is 6.33 Å². The number of fused-ring (bicyclic) bond motifs is 1. The van der Waals surface area contributed by atoms with Crippen molar-refractivity contribution in [1.82, 2.24) is 15.0 Å². The lowest BCUT2D eigenvalue weighted by Gasteiger charge is -2.07. The number of rotatable bonds is 2. The predicted molar refractivity (Wildman–Crippen MR) is 77.5 cm³/mol. The normalized spacial score (nSPS) is 10.8. The molecule has 2 heterocycles. The maximum absolute atomic E-state index is 5.78. The average Bonchev–Trinajstić information content (AvgIpc) is 2.66. The number of nitrogens with two attached hydrogens (primary N) is 1. The Kier molecular flexibility index (Phi) is 2.59. The number of benzene rings is 1. The molecule has 1 aromatic carbocycles. The largest absolute Gasteiger partial charge is 0.399 e. The molecule has 0 bridgehead atoms. The minimum Gasteiger partial charge on any atom is -0.399 e. The molecule has 3 aromatic rings. The standard InChI is InChI=1S/C14H15N5/c1-8-9(2)18-13-12(8)14(17-7-16-13)19-11-5-3-4-10(15)6-11/h3-7H,15H2,1-2H3,(H2,16,17,18,19). The van der Waals surface area contributed by atoms with E-state index in [9.17, 15) is 0 Å². The number of nitrogens with one attached hydrogen (secondary N) is 2. The van der Waals surface area contributed by atoms with Gasteiger partial charge in [-0.1, -0.05) is 6.07 Å². The Labute approximate surface area is 110 Å². The van der Waals surface area contributed by atoms with Crippen LogP contribution in [0.4, 0.5) is 17.2 Å². The number of aryl methyl sites for hydroxylation is 2. The first-order chi connectivity index (χ1) is 9.15. The predicted octanol–water partition coefficient (Wildman–Crippen LogP) is 2.90. The molecule has 0 fully saturated rings. The molecular weight excluding hydrogens is 238 g/mol. The Hall–Kier alpha value is -2.56. The van der Waals surface area contributed by atoms with E-state index >= 15 is 0 Å². The summed E-state index contributed by atoms with van der Waals surface area (Å²) in [7, 11) is 0. The fourth-order valence-electron chi connectivity index (χ4n) is 2.14. The van der Waals surface area contributed by atoms with Gasteiger partial charge in [-0.3, -0.25) is 0 Å². The van der Waals surface area contributed by atoms with Crippen LogP contribution in [0.1, 0.15) is 11.3 Å². The van der Waals surface area contributed by atoms with Gasteiger partial charge in [-0.05, 0) is 37.6 Å². The molecule has 5 nitrogen and oxygen atoms in total. The fourth-order valence-corrected chi connectivity index (χ4v) is 2.14. The second kappa shape index (κ2) is 4.28. The third-order valence-corrected chi connectivity index (χ3v) is 3.24. The Morgan fingerprint density at radius 1 is 1.21 bits per heavy atom. The summed E-state index contributed by atoms with van der Waals surface area (Å²) in [6.45, 7) is 4.09. The molecule has 0 saturated heterocycles. The topological polar surface area (TPSA) is 79.6 Å². The van der Waals surface area contributed by atoms with Crippen LogP contribution in [0.5, 0.6) is 0 Å². The summed E-state index contributed by atoms with van der Waals surface area (Å²) in [4.78, 5) is 11.8. The zero-order valence-corrected chi connectivity index (χ0v) is 10.9. The van der Waals surface area contributed by atoms with Crippen LogP contribution >= 0.6 is 0 Å². The van der Waals surface area contributed by atoms with E-state index in [1.165, 1.54) is 0 Å². The number of H-pyrrole nitrogens is 1. The van der Waals surface area contributed by atoms with Gasteiger partial charge >= 0.3 is 0 Å². The zero-order valence-electron chi connectivity index (χ0n) is 10.9. The van der Waals surface area contributed by atoms with Crippen molar-refractivity contribution in [2.24, 2.45) is 0 Å². The third-order valence-electron chi connectivity index (χ3n) is 3.24. The van der Waals surface area contributed by atoms with Crippen LogP contribution in [0.15, 0.2) is 30.6 Å². The van der Waals surface area contributed by atoms with Crippen LogP contribution in [0.25, 0.3) is 11.0 Å². The van der Waals surface area contributed by atoms with Crippen LogP contribution < -0.4 is 11.1 Å². The van der Waals surface area contributed by atoms with Gasteiger partial charge in [0.2, 0.25) is 0 Å². The maximum Gasteiger partial charge on any atom is 0.143 e. The Bertz CT molecular complexity index is 745. The number of nitrogens with zero attached hydrogens (tertiary/aromatic N) is 2. The van der Waals surface area contributed by atoms with Gasteiger partial charge in [0.15, 0.2) is 0 Å². The molecule has 3 rings (SSSR count). The van der Waals surface area contributed by atoms with E-state index < -0.39 is 0 Å². The lowest BCUT2D eigenvalue weighted by molar-refractivity contribution is 1.18. The summed E-state index contributed by atoms with van der Waals surface area (Å²) >= 11 is 0. The van der Waals surface area contributed by atoms with Crippen LogP contribution in [0, 0.1) is 13.8 Å². The average molecular weight is 253 g/mol. The van der Waals surface area contributed by atoms with Crippen LogP contribution in [0.3, 0.4) is 0 Å². The van der Waals surface area contributed by atoms with Gasteiger partial charge in [-0.15, -0.1) is 0 Å². The minimum atomic E-state index is 0.720. The fraction of sp³-hybridized carbons (Fsp3) is 0.143. The van der Waals surface area contributed by atoms with Crippen molar-refractivity contribution in [3.8, 4) is 0 Å². The Morgan fingerprint density at radius 2 is 2.05 bits per heavy atom. The molecule has 0 atom stereocenters. The molecule has 0 aliphatic rings. The first kappa shape index (κ1) is 11.5. The molecule has 0 aliphatic carbocycles. The molecule has 4 N–H and O–H groups in total. The highest BCUT2D eigenvalue weighted by molar-refractivity contribution is 5.92. The second-order valence-corrected chi connectivity index (χ2v) is 4.57. The summed E-state index contributed by atoms with van der Waals surface area (Å²) < 4.78 is 0. The molecule has 5 heteroatoms. The summed E-state index contributed by atoms with van der Waals surface area (Å²) in [6.07, 6.45) is 1.55. The number of aromatic nitrogens is 3. The summed E-state index contributed by atoms with van der Waals surface area (Å²) in [5, 5.41) is 4.31. The lowest BCUT2D eigenvalue weighted by Crippen LogP contribution is -1.96. The van der Waals surface area contributed by atoms with Gasteiger partial charge in [-0.2, -0.15) is 0 Å². The minimum absolute atomic E-state index is 0.720. The molecule has 19 heavy (non-hydrogen) atoms. The van der Waals surface area contributed by atoms with Gasteiger partial charge in [0.25, 0.3) is 0 Å². The summed E-state index contributed by atoms with van der Waals surface area (Å²) in [5.41, 5.74) is 10.5. The third kappa shape index (κ3) is 1.99. The van der Waals surface area contributed by atoms with E-state index in [0.717, 1.165) is 39.5 Å². The molecule has 0 saturated carbocycles. The number of nitrogen functional groups attached to an aromatic ring is 1. The van der Waals surface area contributed by atoms with Crippen molar-refractivity contribution in [3.63, 3.8) is 0 Å². The van der Waals surface area contributed by atoms with E-state index in [1.807, 2.05) is 31.2 Å². The number of aromatic amines is 1. The summed E-state index contributed by atoms with van der Waals surface area (Å²) in [5.74, 6) is 0.789. The zero-order chi connectivity index (χ0) is 13.4. The molecule has 0 amide bonds. The van der Waals surface area contributed by atoms with Crippen molar-refractivity contribution in [2.75, 3.05) is 11.1 Å². The molecule has 96 valence electrons. The van der Waals surface area contributed by atoms with Crippen molar-refractivity contribution in [1.29, 1.82) is 0 Å². The monoisotopic (exact) mass is 253 g/mol. The van der Waals surface area contributed by atoms with E-state index in [4.69, 9.17) is 5.73 Å². The van der Waals surface area contributed by atoms with Crippen LogP contribution in [0.2, 0.25) is 0 Å². The lowest BCUT2D eigenvalue weighted by atomic mass is 10.2. The Morgan fingerprint density at radius 3 is 2.84 bits per heavy atom. The van der Waals surface area contributed by atoms with Gasteiger partial charge in [0, 0.05) is 17.1 Å². The Balaban J connectivity index is 2.10. The van der Waals surface area contributed by atoms with E-state index in [-0.39, 0.29) is 0 Å². The number of hydrogen-bond acceptors (Lipinski definition) is 4. The smallest absolute Gasteiger partial charge is 0.143 e. The molecule has 2 aromatic heterocycles. The molecule has 0 radical (unpaired) electrons. The van der Waals surface area contributed by atoms with Crippen molar-refractivity contribution < 1.29 is 0 Å². The van der Waals surface area contributed by atoms with Crippen LogP contribution in [-0.4, -0.2) is 15.0 Å². The van der Waals surface area contributed by atoms with Crippen molar-refractivity contribution >= 4 is 28.2 Å². The SMILES string of the molecule is Cc1[nH]c2ncnc(Nc3cccc(N)c3)c2c1C. The highest BCUT2D eigenvalue weighted by Gasteiger charge is 2.11. The number of anilines is 3.